The highest BCUT2D eigenvalue weighted by Gasteiger charge is 2.37. The largest absolute Gasteiger partial charge is 0.385 e. The number of amides is 1. The Morgan fingerprint density at radius 3 is 2.56 bits per heavy atom. The molecule has 1 amide bonds. The summed E-state index contributed by atoms with van der Waals surface area (Å²) in [5, 5.41) is 3.28. The highest BCUT2D eigenvalue weighted by molar-refractivity contribution is 5.86. The van der Waals surface area contributed by atoms with E-state index in [1.54, 1.807) is 7.11 Å². The second-order valence-electron chi connectivity index (χ2n) is 4.31. The number of ether oxygens (including phenoxy) is 1. The summed E-state index contributed by atoms with van der Waals surface area (Å²) in [5.41, 5.74) is 5.68. The van der Waals surface area contributed by atoms with Crippen LogP contribution >= 0.6 is 0 Å². The molecule has 4 nitrogen and oxygen atoms in total. The fraction of sp³-hybridized carbons (Fsp3) is 0.500. The van der Waals surface area contributed by atoms with E-state index in [4.69, 9.17) is 10.5 Å². The fourth-order valence-electron chi connectivity index (χ4n) is 2.00. The molecule has 0 heterocycles. The number of hydrogen-bond donors (Lipinski definition) is 2. The maximum Gasteiger partial charge on any atom is 0.242 e. The van der Waals surface area contributed by atoms with Gasteiger partial charge in [-0.15, -0.1) is 0 Å². The maximum atomic E-state index is 11.9. The van der Waals surface area contributed by atoms with E-state index < -0.39 is 5.54 Å². The van der Waals surface area contributed by atoms with Gasteiger partial charge >= 0.3 is 0 Å². The molecule has 1 unspecified atom stereocenters. The normalized spacial score (nSPS) is 14.1. The lowest BCUT2D eigenvalue weighted by atomic mass is 9.86. The summed E-state index contributed by atoms with van der Waals surface area (Å²) in [6.45, 7) is 3.27. The number of nitrogens with two attached hydrogens (primary N) is 1. The van der Waals surface area contributed by atoms with Gasteiger partial charge in [-0.2, -0.15) is 0 Å². The monoisotopic (exact) mass is 250 g/mol. The van der Waals surface area contributed by atoms with Crippen LogP contribution in [0.25, 0.3) is 0 Å². The number of methoxy groups -OCH3 is 1. The third-order valence-corrected chi connectivity index (χ3v) is 3.05. The molecule has 1 rings (SSSR count). The molecule has 0 aromatic heterocycles. The molecule has 0 aliphatic heterocycles. The van der Waals surface area contributed by atoms with E-state index in [2.05, 4.69) is 12.2 Å². The van der Waals surface area contributed by atoms with Crippen molar-refractivity contribution in [3.05, 3.63) is 35.9 Å². The minimum absolute atomic E-state index is 0.362. The molecular formula is C14H22N2O2. The Kier molecular flexibility index (Phi) is 5.82. The molecule has 0 bridgehead atoms. The molecule has 1 aromatic carbocycles. The quantitative estimate of drug-likeness (QED) is 0.733. The van der Waals surface area contributed by atoms with E-state index in [-0.39, 0.29) is 5.91 Å². The Morgan fingerprint density at radius 2 is 2.06 bits per heavy atom. The third-order valence-electron chi connectivity index (χ3n) is 3.05. The Bertz CT molecular complexity index is 357. The van der Waals surface area contributed by atoms with Crippen LogP contribution < -0.4 is 11.1 Å². The highest BCUT2D eigenvalue weighted by Crippen LogP contribution is 2.25. The Morgan fingerprint density at radius 1 is 1.39 bits per heavy atom. The SMILES string of the molecule is CCCNC(CCOC)(C(N)=O)c1ccccc1. The molecule has 0 saturated heterocycles. The first kappa shape index (κ1) is 14.7. The van der Waals surface area contributed by atoms with E-state index in [0.717, 1.165) is 18.5 Å². The highest BCUT2D eigenvalue weighted by atomic mass is 16.5. The summed E-state index contributed by atoms with van der Waals surface area (Å²) in [4.78, 5) is 11.9. The van der Waals surface area contributed by atoms with Crippen molar-refractivity contribution in [2.24, 2.45) is 5.73 Å². The Hall–Kier alpha value is -1.39. The van der Waals surface area contributed by atoms with Crippen molar-refractivity contribution in [2.45, 2.75) is 25.3 Å². The van der Waals surface area contributed by atoms with Crippen molar-refractivity contribution in [2.75, 3.05) is 20.3 Å². The first-order valence-electron chi connectivity index (χ1n) is 6.26. The van der Waals surface area contributed by atoms with E-state index >= 15 is 0 Å². The van der Waals surface area contributed by atoms with Crippen LogP contribution in [0, 0.1) is 0 Å². The van der Waals surface area contributed by atoms with Gasteiger partial charge in [0.2, 0.25) is 5.91 Å². The predicted molar refractivity (Wildman–Crippen MR) is 72.1 cm³/mol. The summed E-state index contributed by atoms with van der Waals surface area (Å²) in [6, 6.07) is 9.58. The molecular weight excluding hydrogens is 228 g/mol. The molecule has 0 radical (unpaired) electrons. The van der Waals surface area contributed by atoms with Crippen molar-refractivity contribution in [1.82, 2.24) is 5.32 Å². The summed E-state index contributed by atoms with van der Waals surface area (Å²) in [5.74, 6) is -0.362. The van der Waals surface area contributed by atoms with Gasteiger partial charge < -0.3 is 10.5 Å². The number of primary amides is 1. The van der Waals surface area contributed by atoms with Crippen LogP contribution in [0.1, 0.15) is 25.3 Å². The first-order valence-corrected chi connectivity index (χ1v) is 6.26. The smallest absolute Gasteiger partial charge is 0.242 e. The average Bonchev–Trinajstić information content (AvgIpc) is 2.40. The molecule has 0 fully saturated rings. The lowest BCUT2D eigenvalue weighted by molar-refractivity contribution is -0.125. The molecule has 4 heteroatoms. The van der Waals surface area contributed by atoms with Crippen LogP contribution in [0.2, 0.25) is 0 Å². The molecule has 0 aliphatic carbocycles. The van der Waals surface area contributed by atoms with Gasteiger partial charge in [-0.3, -0.25) is 10.1 Å². The van der Waals surface area contributed by atoms with Crippen LogP contribution in [-0.4, -0.2) is 26.2 Å². The number of hydrogen-bond acceptors (Lipinski definition) is 3. The van der Waals surface area contributed by atoms with Crippen molar-refractivity contribution in [1.29, 1.82) is 0 Å². The van der Waals surface area contributed by atoms with Crippen LogP contribution in [0.5, 0.6) is 0 Å². The molecule has 0 aliphatic rings. The minimum Gasteiger partial charge on any atom is -0.385 e. The van der Waals surface area contributed by atoms with Crippen LogP contribution in [0.4, 0.5) is 0 Å². The van der Waals surface area contributed by atoms with Gasteiger partial charge in [-0.25, -0.2) is 0 Å². The lowest BCUT2D eigenvalue weighted by Gasteiger charge is -2.32. The van der Waals surface area contributed by atoms with E-state index in [1.807, 2.05) is 30.3 Å². The molecule has 0 saturated carbocycles. The number of nitrogens with one attached hydrogen (secondary N) is 1. The number of rotatable bonds is 8. The van der Waals surface area contributed by atoms with Gasteiger partial charge in [0.05, 0.1) is 0 Å². The van der Waals surface area contributed by atoms with Crippen molar-refractivity contribution in [3.63, 3.8) is 0 Å². The van der Waals surface area contributed by atoms with Crippen LogP contribution in [-0.2, 0) is 15.1 Å². The summed E-state index contributed by atoms with van der Waals surface area (Å²) in [6.07, 6.45) is 1.47. The zero-order valence-corrected chi connectivity index (χ0v) is 11.1. The van der Waals surface area contributed by atoms with Gasteiger partial charge in [-0.1, -0.05) is 37.3 Å². The standard InChI is InChI=1S/C14H22N2O2/c1-3-10-16-14(13(15)17,9-11-18-2)12-7-5-4-6-8-12/h4-8,16H,3,9-11H2,1-2H3,(H2,15,17). The van der Waals surface area contributed by atoms with E-state index in [1.165, 1.54) is 0 Å². The van der Waals surface area contributed by atoms with Crippen LogP contribution in [0.3, 0.4) is 0 Å². The van der Waals surface area contributed by atoms with Gasteiger partial charge in [0.15, 0.2) is 0 Å². The number of carbonyl (C=O) groups is 1. The van der Waals surface area contributed by atoms with Gasteiger partial charge in [0.25, 0.3) is 0 Å². The number of benzene rings is 1. The van der Waals surface area contributed by atoms with Gasteiger partial charge in [0, 0.05) is 20.1 Å². The average molecular weight is 250 g/mol. The van der Waals surface area contributed by atoms with Crippen molar-refractivity contribution < 1.29 is 9.53 Å². The van der Waals surface area contributed by atoms with E-state index in [0.29, 0.717) is 13.0 Å². The molecule has 1 atom stereocenters. The van der Waals surface area contributed by atoms with Gasteiger partial charge in [-0.05, 0) is 18.5 Å². The minimum atomic E-state index is -0.840. The molecule has 18 heavy (non-hydrogen) atoms. The molecule has 1 aromatic rings. The second-order valence-corrected chi connectivity index (χ2v) is 4.31. The van der Waals surface area contributed by atoms with Crippen molar-refractivity contribution >= 4 is 5.91 Å². The Labute approximate surface area is 109 Å². The first-order chi connectivity index (χ1) is 8.67. The predicted octanol–water partition coefficient (Wildman–Crippen LogP) is 1.40. The summed E-state index contributed by atoms with van der Waals surface area (Å²) < 4.78 is 5.10. The Balaban J connectivity index is 3.07. The number of carbonyl (C=O) groups excluding carboxylic acids is 1. The van der Waals surface area contributed by atoms with Crippen LogP contribution in [0.15, 0.2) is 30.3 Å². The summed E-state index contributed by atoms with van der Waals surface area (Å²) in [7, 11) is 1.62. The zero-order chi connectivity index (χ0) is 13.4. The maximum absolute atomic E-state index is 11.9. The topological polar surface area (TPSA) is 64.3 Å². The molecule has 0 spiro atoms. The second kappa shape index (κ2) is 7.13. The summed E-state index contributed by atoms with van der Waals surface area (Å²) >= 11 is 0. The fourth-order valence-corrected chi connectivity index (χ4v) is 2.00. The van der Waals surface area contributed by atoms with Crippen molar-refractivity contribution in [3.8, 4) is 0 Å². The van der Waals surface area contributed by atoms with E-state index in [9.17, 15) is 4.79 Å². The molecule has 100 valence electrons. The van der Waals surface area contributed by atoms with Gasteiger partial charge in [0.1, 0.15) is 5.54 Å². The molecule has 3 N–H and O–H groups in total. The lowest BCUT2D eigenvalue weighted by Crippen LogP contribution is -2.53. The zero-order valence-electron chi connectivity index (χ0n) is 11.1. The third kappa shape index (κ3) is 3.31.